The van der Waals surface area contributed by atoms with Gasteiger partial charge in [-0.2, -0.15) is 13.2 Å². The Hall–Kier alpha value is -2.87. The number of ketones is 1. The maximum atomic E-state index is 13.0. The van der Waals surface area contributed by atoms with E-state index in [1.807, 2.05) is 11.8 Å². The van der Waals surface area contributed by atoms with Gasteiger partial charge in [-0.15, -0.1) is 0 Å². The van der Waals surface area contributed by atoms with Crippen LogP contribution in [0.15, 0.2) is 48.5 Å². The second-order valence-electron chi connectivity index (χ2n) is 7.54. The van der Waals surface area contributed by atoms with Crippen LogP contribution < -0.4 is 15.1 Å². The summed E-state index contributed by atoms with van der Waals surface area (Å²) in [6.07, 6.45) is -4.37. The van der Waals surface area contributed by atoms with Gasteiger partial charge >= 0.3 is 6.18 Å². The molecule has 1 aliphatic heterocycles. The number of halogens is 3. The van der Waals surface area contributed by atoms with Gasteiger partial charge in [0.25, 0.3) is 5.91 Å². The van der Waals surface area contributed by atoms with Crippen LogP contribution in [0.4, 0.5) is 24.5 Å². The lowest BCUT2D eigenvalue weighted by Gasteiger charge is -2.36. The van der Waals surface area contributed by atoms with E-state index in [1.54, 1.807) is 30.3 Å². The number of hydrogen-bond acceptors (Lipinski definition) is 3. The van der Waals surface area contributed by atoms with Crippen molar-refractivity contribution in [1.82, 2.24) is 0 Å². The summed E-state index contributed by atoms with van der Waals surface area (Å²) >= 11 is 0. The smallest absolute Gasteiger partial charge is 0.360 e. The molecule has 1 atom stereocenters. The number of amides is 1. The Bertz CT molecular complexity index is 922. The molecular formula is C22H25F3N3O2+. The predicted octanol–water partition coefficient (Wildman–Crippen LogP) is 2.64. The lowest BCUT2D eigenvalue weighted by atomic mass is 10.1. The molecule has 1 fully saturated rings. The number of hydrogen-bond donors (Lipinski definition) is 2. The van der Waals surface area contributed by atoms with Gasteiger partial charge in [-0.05, 0) is 44.2 Å². The standard InChI is InChI=1S/C22H24F3N3O2/c1-15(21(30)26-19-7-3-5-17(13-19)16(2)29)27-9-11-28(12-10-27)20-8-4-6-18(14-20)22(23,24)25/h3-8,13-15H,9-12H2,1-2H3,(H,26,30)/p+1/t15-/m1/s1. The first-order chi connectivity index (χ1) is 14.1. The molecule has 0 aromatic heterocycles. The average molecular weight is 420 g/mol. The Labute approximate surface area is 173 Å². The number of piperazine rings is 1. The molecule has 1 amide bonds. The van der Waals surface area contributed by atoms with E-state index in [1.165, 1.54) is 19.1 Å². The first-order valence-corrected chi connectivity index (χ1v) is 9.84. The zero-order valence-electron chi connectivity index (χ0n) is 16.9. The zero-order valence-corrected chi connectivity index (χ0v) is 16.9. The van der Waals surface area contributed by atoms with Gasteiger partial charge in [0.2, 0.25) is 0 Å². The topological polar surface area (TPSA) is 53.9 Å². The maximum absolute atomic E-state index is 13.0. The SMILES string of the molecule is CC(=O)c1cccc(NC(=O)[C@@H](C)[NH+]2CCN(c3cccc(C(F)(F)F)c3)CC2)c1. The first-order valence-electron chi connectivity index (χ1n) is 9.84. The fourth-order valence-electron chi connectivity index (χ4n) is 3.62. The molecule has 2 N–H and O–H groups in total. The first kappa shape index (κ1) is 21.8. The van der Waals surface area contributed by atoms with Crippen LogP contribution in [-0.2, 0) is 11.0 Å². The summed E-state index contributed by atoms with van der Waals surface area (Å²) in [6.45, 7) is 5.70. The van der Waals surface area contributed by atoms with E-state index < -0.39 is 11.7 Å². The maximum Gasteiger partial charge on any atom is 0.416 e. The second kappa shape index (κ2) is 8.87. The number of anilines is 2. The molecule has 3 rings (SSSR count). The fourth-order valence-corrected chi connectivity index (χ4v) is 3.62. The molecule has 2 aromatic rings. The number of quaternary nitrogens is 1. The van der Waals surface area contributed by atoms with Crippen molar-refractivity contribution in [3.8, 4) is 0 Å². The zero-order chi connectivity index (χ0) is 21.9. The molecule has 1 saturated heterocycles. The molecule has 160 valence electrons. The Morgan fingerprint density at radius 2 is 1.73 bits per heavy atom. The van der Waals surface area contributed by atoms with Crippen molar-refractivity contribution in [3.63, 3.8) is 0 Å². The third kappa shape index (κ3) is 5.18. The monoisotopic (exact) mass is 420 g/mol. The van der Waals surface area contributed by atoms with Gasteiger partial charge in [-0.25, -0.2) is 0 Å². The Balaban J connectivity index is 1.59. The number of carbonyl (C=O) groups excluding carboxylic acids is 2. The molecule has 1 heterocycles. The quantitative estimate of drug-likeness (QED) is 0.732. The fraction of sp³-hybridized carbons (Fsp3) is 0.364. The van der Waals surface area contributed by atoms with Gasteiger partial charge in [-0.1, -0.05) is 18.2 Å². The Morgan fingerprint density at radius 3 is 2.37 bits per heavy atom. The van der Waals surface area contributed by atoms with Crippen LogP contribution in [0.3, 0.4) is 0 Å². The van der Waals surface area contributed by atoms with Crippen molar-refractivity contribution < 1.29 is 27.7 Å². The van der Waals surface area contributed by atoms with Gasteiger partial charge in [0, 0.05) is 16.9 Å². The summed E-state index contributed by atoms with van der Waals surface area (Å²) in [7, 11) is 0. The molecule has 0 saturated carbocycles. The van der Waals surface area contributed by atoms with E-state index in [9.17, 15) is 22.8 Å². The summed E-state index contributed by atoms with van der Waals surface area (Å²) in [5.74, 6) is -0.228. The Kier molecular flexibility index (Phi) is 6.45. The molecule has 2 aromatic carbocycles. The lowest BCUT2D eigenvalue weighted by Crippen LogP contribution is -3.19. The van der Waals surface area contributed by atoms with E-state index in [0.717, 1.165) is 11.0 Å². The average Bonchev–Trinajstić information content (AvgIpc) is 2.73. The van der Waals surface area contributed by atoms with Crippen LogP contribution in [0.2, 0.25) is 0 Å². The number of benzene rings is 2. The predicted molar refractivity (Wildman–Crippen MR) is 109 cm³/mol. The number of nitrogens with zero attached hydrogens (tertiary/aromatic N) is 1. The number of Topliss-reactive ketones (excluding diaryl/α,β-unsaturated/α-hetero) is 1. The Morgan fingerprint density at radius 1 is 1.07 bits per heavy atom. The van der Waals surface area contributed by atoms with Crippen molar-refractivity contribution in [2.45, 2.75) is 26.1 Å². The van der Waals surface area contributed by atoms with E-state index in [2.05, 4.69) is 5.32 Å². The summed E-state index contributed by atoms with van der Waals surface area (Å²) in [5, 5.41) is 2.85. The summed E-state index contributed by atoms with van der Waals surface area (Å²) < 4.78 is 38.9. The van der Waals surface area contributed by atoms with E-state index >= 15 is 0 Å². The minimum atomic E-state index is -4.37. The van der Waals surface area contributed by atoms with Crippen molar-refractivity contribution in [3.05, 3.63) is 59.7 Å². The number of rotatable bonds is 5. The van der Waals surface area contributed by atoms with E-state index in [0.29, 0.717) is 43.1 Å². The van der Waals surface area contributed by atoms with Crippen LogP contribution in [0.1, 0.15) is 29.8 Å². The molecule has 0 aliphatic carbocycles. The van der Waals surface area contributed by atoms with Crippen LogP contribution in [0.25, 0.3) is 0 Å². The summed E-state index contributed by atoms with van der Waals surface area (Å²) in [6, 6.07) is 11.8. The van der Waals surface area contributed by atoms with Crippen LogP contribution in [-0.4, -0.2) is 43.9 Å². The van der Waals surface area contributed by atoms with E-state index in [4.69, 9.17) is 0 Å². The van der Waals surface area contributed by atoms with Gasteiger partial charge in [0.1, 0.15) is 0 Å². The van der Waals surface area contributed by atoms with Crippen LogP contribution in [0.5, 0.6) is 0 Å². The van der Waals surface area contributed by atoms with Gasteiger partial charge in [0.15, 0.2) is 11.8 Å². The van der Waals surface area contributed by atoms with E-state index in [-0.39, 0.29) is 17.7 Å². The van der Waals surface area contributed by atoms with Gasteiger partial charge < -0.3 is 15.1 Å². The second-order valence-corrected chi connectivity index (χ2v) is 7.54. The van der Waals surface area contributed by atoms with Crippen molar-refractivity contribution in [2.75, 3.05) is 36.4 Å². The summed E-state index contributed by atoms with van der Waals surface area (Å²) in [5.41, 5.74) is 0.987. The lowest BCUT2D eigenvalue weighted by molar-refractivity contribution is -0.914. The third-order valence-electron chi connectivity index (χ3n) is 5.49. The van der Waals surface area contributed by atoms with Crippen molar-refractivity contribution >= 4 is 23.1 Å². The van der Waals surface area contributed by atoms with Crippen LogP contribution >= 0.6 is 0 Å². The van der Waals surface area contributed by atoms with Crippen molar-refractivity contribution in [2.24, 2.45) is 0 Å². The molecule has 0 unspecified atom stereocenters. The minimum Gasteiger partial charge on any atom is -0.360 e. The molecule has 1 aliphatic rings. The van der Waals surface area contributed by atoms with Gasteiger partial charge in [0.05, 0.1) is 31.7 Å². The minimum absolute atomic E-state index is 0.0736. The molecule has 5 nitrogen and oxygen atoms in total. The molecule has 0 spiro atoms. The van der Waals surface area contributed by atoms with Crippen molar-refractivity contribution in [1.29, 1.82) is 0 Å². The highest BCUT2D eigenvalue weighted by Crippen LogP contribution is 2.31. The summed E-state index contributed by atoms with van der Waals surface area (Å²) in [4.78, 5) is 27.1. The highest BCUT2D eigenvalue weighted by atomic mass is 19.4. The molecular weight excluding hydrogens is 395 g/mol. The van der Waals surface area contributed by atoms with Crippen LogP contribution in [0, 0.1) is 0 Å². The van der Waals surface area contributed by atoms with Gasteiger partial charge in [-0.3, -0.25) is 9.59 Å². The molecule has 0 bridgehead atoms. The highest BCUT2D eigenvalue weighted by Gasteiger charge is 2.32. The molecule has 0 radical (unpaired) electrons. The number of carbonyl (C=O) groups is 2. The normalized spacial score (nSPS) is 16.2. The number of alkyl halides is 3. The largest absolute Gasteiger partial charge is 0.416 e. The highest BCUT2D eigenvalue weighted by molar-refractivity contribution is 5.97. The molecule has 8 heteroatoms. The third-order valence-corrected chi connectivity index (χ3v) is 5.49. The molecule has 30 heavy (non-hydrogen) atoms. The number of nitrogens with one attached hydrogen (secondary N) is 2.